The van der Waals surface area contributed by atoms with E-state index in [1.165, 1.54) is 32.1 Å². The molecule has 0 amide bonds. The minimum atomic E-state index is -0.102. The van der Waals surface area contributed by atoms with Gasteiger partial charge in [-0.25, -0.2) is 0 Å². The van der Waals surface area contributed by atoms with Gasteiger partial charge in [-0.2, -0.15) is 0 Å². The van der Waals surface area contributed by atoms with Crippen molar-refractivity contribution in [3.05, 3.63) is 0 Å². The van der Waals surface area contributed by atoms with Crippen LogP contribution in [0.25, 0.3) is 0 Å². The molecule has 0 heterocycles. The van der Waals surface area contributed by atoms with Crippen LogP contribution in [0.15, 0.2) is 0 Å². The molecule has 0 unspecified atom stereocenters. The third-order valence-corrected chi connectivity index (χ3v) is 5.16. The van der Waals surface area contributed by atoms with Crippen LogP contribution in [-0.2, 0) is 9.53 Å². The van der Waals surface area contributed by atoms with E-state index in [1.807, 2.05) is 27.7 Å². The number of hydrogen-bond donors (Lipinski definition) is 1. The van der Waals surface area contributed by atoms with Crippen LogP contribution in [0.5, 0.6) is 0 Å². The molecule has 0 aromatic heterocycles. The monoisotopic (exact) mass is 296 g/mol. The fourth-order valence-electron chi connectivity index (χ4n) is 4.54. The van der Waals surface area contributed by atoms with Gasteiger partial charge in [-0.15, -0.1) is 0 Å². The zero-order chi connectivity index (χ0) is 15.6. The highest BCUT2D eigenvalue weighted by Gasteiger charge is 2.47. The Morgan fingerprint density at radius 1 is 1.05 bits per heavy atom. The van der Waals surface area contributed by atoms with Crippen molar-refractivity contribution in [3.63, 3.8) is 0 Å². The van der Waals surface area contributed by atoms with Crippen LogP contribution in [0, 0.1) is 29.1 Å². The van der Waals surface area contributed by atoms with Crippen molar-refractivity contribution in [1.29, 1.82) is 0 Å². The largest absolute Gasteiger partial charge is 0.466 e. The van der Waals surface area contributed by atoms with Gasteiger partial charge < -0.3 is 9.84 Å². The first-order chi connectivity index (χ1) is 9.78. The van der Waals surface area contributed by atoms with Gasteiger partial charge in [0.2, 0.25) is 0 Å². The number of aliphatic hydroxyl groups is 1. The van der Waals surface area contributed by atoms with Gasteiger partial charge in [0.15, 0.2) is 0 Å². The highest BCUT2D eigenvalue weighted by atomic mass is 16.5. The van der Waals surface area contributed by atoms with E-state index in [1.54, 1.807) is 0 Å². The molecule has 1 N–H and O–H groups in total. The lowest BCUT2D eigenvalue weighted by molar-refractivity contribution is -0.145. The Morgan fingerprint density at radius 3 is 1.90 bits per heavy atom. The van der Waals surface area contributed by atoms with E-state index in [-0.39, 0.29) is 17.5 Å². The zero-order valence-electron chi connectivity index (χ0n) is 14.1. The lowest BCUT2D eigenvalue weighted by atomic mass is 9.55. The molecule has 4 aliphatic carbocycles. The average Bonchev–Trinajstić information content (AvgIpc) is 2.33. The van der Waals surface area contributed by atoms with Gasteiger partial charge in [-0.05, 0) is 68.1 Å². The lowest BCUT2D eigenvalue weighted by Gasteiger charge is -2.52. The first-order valence-electron chi connectivity index (χ1n) is 8.62. The summed E-state index contributed by atoms with van der Waals surface area (Å²) in [6.07, 6.45) is 7.44. The van der Waals surface area contributed by atoms with E-state index in [0.29, 0.717) is 24.9 Å². The van der Waals surface area contributed by atoms with E-state index >= 15 is 0 Å². The summed E-state index contributed by atoms with van der Waals surface area (Å²) in [6.45, 7) is 8.35. The summed E-state index contributed by atoms with van der Waals surface area (Å²) in [5.41, 5.74) is 0.0479. The third-order valence-electron chi connectivity index (χ3n) is 5.16. The van der Waals surface area contributed by atoms with Crippen LogP contribution in [0.1, 0.15) is 66.2 Å². The van der Waals surface area contributed by atoms with E-state index in [2.05, 4.69) is 0 Å². The van der Waals surface area contributed by atoms with Crippen molar-refractivity contribution in [2.75, 3.05) is 6.61 Å². The molecule has 3 heteroatoms. The van der Waals surface area contributed by atoms with Gasteiger partial charge in [0.05, 0.1) is 19.1 Å². The molecule has 21 heavy (non-hydrogen) atoms. The van der Waals surface area contributed by atoms with Crippen molar-refractivity contribution >= 4 is 5.97 Å². The molecule has 0 radical (unpaired) electrons. The van der Waals surface area contributed by atoms with Crippen LogP contribution < -0.4 is 0 Å². The molecule has 0 atom stereocenters. The van der Waals surface area contributed by atoms with E-state index in [4.69, 9.17) is 4.74 Å². The van der Waals surface area contributed by atoms with Gasteiger partial charge in [-0.1, -0.05) is 20.8 Å². The van der Waals surface area contributed by atoms with Gasteiger partial charge in [0, 0.05) is 0 Å². The average molecular weight is 296 g/mol. The maximum atomic E-state index is 10.8. The maximum Gasteiger partial charge on any atom is 0.306 e. The minimum Gasteiger partial charge on any atom is -0.466 e. The normalized spacial score (nSPS) is 36.9. The Labute approximate surface area is 129 Å². The number of carbonyl (C=O) groups excluding carboxylic acids is 1. The molecule has 0 aliphatic heterocycles. The number of ether oxygens (including phenoxy) is 1. The Hall–Kier alpha value is -0.570. The number of hydrogen-bond acceptors (Lipinski definition) is 3. The Morgan fingerprint density at radius 2 is 1.52 bits per heavy atom. The standard InChI is InChI=1S/C10H16O.C8H16O2/c11-10-8-2-6-1-7(4-8)5-9(10)3-6;1-5-10-7(9)6-8(2,3)4/h6-11H,1-5H2;5-6H2,1-4H3. The minimum absolute atomic E-state index is 0.0479. The number of aliphatic hydroxyl groups excluding tert-OH is 1. The van der Waals surface area contributed by atoms with E-state index in [0.717, 1.165) is 11.8 Å². The first-order valence-corrected chi connectivity index (χ1v) is 8.62. The molecule has 4 aliphatic rings. The summed E-state index contributed by atoms with van der Waals surface area (Å²) >= 11 is 0. The molecular weight excluding hydrogens is 264 g/mol. The smallest absolute Gasteiger partial charge is 0.306 e. The molecule has 4 fully saturated rings. The summed E-state index contributed by atoms with van der Waals surface area (Å²) in [5, 5.41) is 9.83. The number of rotatable bonds is 2. The van der Waals surface area contributed by atoms with Crippen molar-refractivity contribution < 1.29 is 14.6 Å². The maximum absolute atomic E-state index is 10.8. The van der Waals surface area contributed by atoms with Crippen LogP contribution in [0.4, 0.5) is 0 Å². The second-order valence-electron chi connectivity index (χ2n) is 8.46. The molecule has 0 aromatic rings. The van der Waals surface area contributed by atoms with Crippen molar-refractivity contribution in [3.8, 4) is 0 Å². The third kappa shape index (κ3) is 4.70. The Balaban J connectivity index is 0.000000155. The second-order valence-corrected chi connectivity index (χ2v) is 8.46. The summed E-state index contributed by atoms with van der Waals surface area (Å²) in [7, 11) is 0. The van der Waals surface area contributed by atoms with Crippen LogP contribution in [-0.4, -0.2) is 23.8 Å². The van der Waals surface area contributed by atoms with Gasteiger partial charge >= 0.3 is 5.97 Å². The molecule has 3 nitrogen and oxygen atoms in total. The second kappa shape index (κ2) is 6.68. The Kier molecular flexibility index (Phi) is 5.34. The van der Waals surface area contributed by atoms with Crippen LogP contribution in [0.2, 0.25) is 0 Å². The number of carbonyl (C=O) groups is 1. The molecule has 0 spiro atoms. The van der Waals surface area contributed by atoms with E-state index in [9.17, 15) is 9.90 Å². The SMILES string of the molecule is CCOC(=O)CC(C)(C)C.OC1C2CC3CC(C2)CC1C3. The molecule has 122 valence electrons. The fraction of sp³-hybridized carbons (Fsp3) is 0.944. The summed E-state index contributed by atoms with van der Waals surface area (Å²) in [4.78, 5) is 10.8. The molecule has 4 rings (SSSR count). The first kappa shape index (κ1) is 16.8. The molecule has 0 aromatic carbocycles. The van der Waals surface area contributed by atoms with Gasteiger partial charge in [0.25, 0.3) is 0 Å². The fourth-order valence-corrected chi connectivity index (χ4v) is 4.54. The molecule has 0 saturated heterocycles. The summed E-state index contributed by atoms with van der Waals surface area (Å²) in [6, 6.07) is 0. The van der Waals surface area contributed by atoms with Crippen molar-refractivity contribution in [2.24, 2.45) is 29.1 Å². The summed E-state index contributed by atoms with van der Waals surface area (Å²) < 4.78 is 4.78. The summed E-state index contributed by atoms with van der Waals surface area (Å²) in [5.74, 6) is 3.30. The lowest BCUT2D eigenvalue weighted by Crippen LogP contribution is -2.48. The topological polar surface area (TPSA) is 46.5 Å². The quantitative estimate of drug-likeness (QED) is 0.789. The van der Waals surface area contributed by atoms with Gasteiger partial charge in [-0.3, -0.25) is 4.79 Å². The van der Waals surface area contributed by atoms with E-state index < -0.39 is 0 Å². The number of esters is 1. The van der Waals surface area contributed by atoms with Crippen LogP contribution in [0.3, 0.4) is 0 Å². The predicted molar refractivity (Wildman–Crippen MR) is 83.8 cm³/mol. The zero-order valence-corrected chi connectivity index (χ0v) is 14.1. The highest BCUT2D eigenvalue weighted by Crippen LogP contribution is 2.53. The predicted octanol–water partition coefficient (Wildman–Crippen LogP) is 3.79. The Bertz CT molecular complexity index is 328. The van der Waals surface area contributed by atoms with Crippen LogP contribution >= 0.6 is 0 Å². The molecular formula is C18H32O3. The molecule has 4 bridgehead atoms. The van der Waals surface area contributed by atoms with Crippen molar-refractivity contribution in [2.45, 2.75) is 72.3 Å². The molecule has 4 saturated carbocycles. The highest BCUT2D eigenvalue weighted by molar-refractivity contribution is 5.70. The van der Waals surface area contributed by atoms with Gasteiger partial charge in [0.1, 0.15) is 0 Å². The van der Waals surface area contributed by atoms with Crippen molar-refractivity contribution in [1.82, 2.24) is 0 Å².